The van der Waals surface area contributed by atoms with E-state index in [1.807, 2.05) is 0 Å². The lowest BCUT2D eigenvalue weighted by molar-refractivity contribution is -0.131. The number of piperidine rings is 1. The van der Waals surface area contributed by atoms with E-state index in [0.29, 0.717) is 17.2 Å². The molecule has 116 valence electrons. The van der Waals surface area contributed by atoms with Crippen LogP contribution in [0.4, 0.5) is 0 Å². The predicted molar refractivity (Wildman–Crippen MR) is 84.2 cm³/mol. The Hall–Kier alpha value is -0.280. The van der Waals surface area contributed by atoms with Gasteiger partial charge in [-0.3, -0.25) is 4.79 Å². The quantitative estimate of drug-likeness (QED) is 0.850. The summed E-state index contributed by atoms with van der Waals surface area (Å²) in [5.74, 6) is 1.08. The third kappa shape index (κ3) is 3.67. The number of rotatable bonds is 2. The molecule has 1 N–H and O–H groups in total. The van der Waals surface area contributed by atoms with E-state index in [4.69, 9.17) is 0 Å². The minimum absolute atomic E-state index is 0. The topological polar surface area (TPSA) is 32.3 Å². The zero-order chi connectivity index (χ0) is 13.1. The number of nitrogens with zero attached hydrogens (tertiary/aromatic N) is 1. The van der Waals surface area contributed by atoms with Crippen LogP contribution in [-0.2, 0) is 4.79 Å². The summed E-state index contributed by atoms with van der Waals surface area (Å²) >= 11 is 0. The molecule has 0 unspecified atom stereocenters. The van der Waals surface area contributed by atoms with E-state index < -0.39 is 0 Å². The van der Waals surface area contributed by atoms with Crippen molar-refractivity contribution in [3.05, 3.63) is 0 Å². The molecule has 2 saturated heterocycles. The van der Waals surface area contributed by atoms with Gasteiger partial charge in [-0.15, -0.1) is 12.4 Å². The molecule has 1 saturated carbocycles. The van der Waals surface area contributed by atoms with Gasteiger partial charge in [0.15, 0.2) is 0 Å². The summed E-state index contributed by atoms with van der Waals surface area (Å²) in [6, 6.07) is 0. The molecular formula is C16H29ClN2O. The molecule has 1 aliphatic carbocycles. The zero-order valence-electron chi connectivity index (χ0n) is 12.5. The minimum atomic E-state index is 0. The van der Waals surface area contributed by atoms with Crippen molar-refractivity contribution in [1.29, 1.82) is 0 Å². The third-order valence-corrected chi connectivity index (χ3v) is 5.63. The molecule has 1 amide bonds. The molecule has 0 radical (unpaired) electrons. The largest absolute Gasteiger partial charge is 0.342 e. The zero-order valence-corrected chi connectivity index (χ0v) is 13.3. The molecule has 2 heterocycles. The van der Waals surface area contributed by atoms with Crippen molar-refractivity contribution in [2.24, 2.45) is 11.3 Å². The molecule has 3 fully saturated rings. The van der Waals surface area contributed by atoms with E-state index in [9.17, 15) is 4.79 Å². The highest BCUT2D eigenvalue weighted by Gasteiger charge is 2.40. The van der Waals surface area contributed by atoms with Gasteiger partial charge in [-0.25, -0.2) is 0 Å². The lowest BCUT2D eigenvalue weighted by Gasteiger charge is -2.33. The first-order valence-corrected chi connectivity index (χ1v) is 8.26. The molecule has 0 atom stereocenters. The third-order valence-electron chi connectivity index (χ3n) is 5.63. The van der Waals surface area contributed by atoms with Crippen LogP contribution in [0.25, 0.3) is 0 Å². The molecule has 3 aliphatic rings. The van der Waals surface area contributed by atoms with Crippen LogP contribution in [-0.4, -0.2) is 37.0 Å². The van der Waals surface area contributed by atoms with Crippen LogP contribution in [0.5, 0.6) is 0 Å². The first-order valence-electron chi connectivity index (χ1n) is 8.26. The summed E-state index contributed by atoms with van der Waals surface area (Å²) in [5, 5.41) is 3.38. The standard InChI is InChI=1S/C16H28N2O.ClH/c19-15(12-14-4-9-17-10-5-14)18-11-8-16(13-18)6-2-1-3-7-16;/h14,17H,1-13H2;1H. The molecule has 4 heteroatoms. The number of carbonyl (C=O) groups is 1. The molecule has 20 heavy (non-hydrogen) atoms. The van der Waals surface area contributed by atoms with Gasteiger partial charge in [-0.1, -0.05) is 19.3 Å². The summed E-state index contributed by atoms with van der Waals surface area (Å²) in [4.78, 5) is 14.6. The lowest BCUT2D eigenvalue weighted by atomic mass is 9.73. The van der Waals surface area contributed by atoms with Crippen molar-refractivity contribution >= 4 is 18.3 Å². The van der Waals surface area contributed by atoms with Gasteiger partial charge in [0.1, 0.15) is 0 Å². The first-order chi connectivity index (χ1) is 9.27. The highest BCUT2D eigenvalue weighted by Crippen LogP contribution is 2.43. The molecule has 1 spiro atoms. The van der Waals surface area contributed by atoms with Crippen LogP contribution in [0.3, 0.4) is 0 Å². The lowest BCUT2D eigenvalue weighted by Crippen LogP contribution is -2.36. The average Bonchev–Trinajstić information content (AvgIpc) is 2.85. The Labute approximate surface area is 129 Å². The minimum Gasteiger partial charge on any atom is -0.342 e. The van der Waals surface area contributed by atoms with Gasteiger partial charge in [-0.05, 0) is 56.5 Å². The van der Waals surface area contributed by atoms with Crippen LogP contribution in [0.15, 0.2) is 0 Å². The molecule has 0 bridgehead atoms. The fourth-order valence-corrected chi connectivity index (χ4v) is 4.32. The summed E-state index contributed by atoms with van der Waals surface area (Å²) in [6.45, 7) is 4.30. The average molecular weight is 301 g/mol. The number of hydrogen-bond acceptors (Lipinski definition) is 2. The number of nitrogens with one attached hydrogen (secondary N) is 1. The number of likely N-dealkylation sites (tertiary alicyclic amines) is 1. The molecule has 3 nitrogen and oxygen atoms in total. The maximum Gasteiger partial charge on any atom is 0.222 e. The molecule has 3 rings (SSSR count). The van der Waals surface area contributed by atoms with Gasteiger partial charge >= 0.3 is 0 Å². The van der Waals surface area contributed by atoms with Gasteiger partial charge in [0.25, 0.3) is 0 Å². The normalized spacial score (nSPS) is 26.5. The Kier molecular flexibility index (Phi) is 5.74. The molecule has 0 aromatic carbocycles. The van der Waals surface area contributed by atoms with E-state index >= 15 is 0 Å². The second kappa shape index (κ2) is 7.13. The van der Waals surface area contributed by atoms with Crippen molar-refractivity contribution in [2.45, 2.75) is 57.8 Å². The second-order valence-electron chi connectivity index (χ2n) is 7.02. The summed E-state index contributed by atoms with van der Waals surface area (Å²) in [5.41, 5.74) is 0.516. The second-order valence-corrected chi connectivity index (χ2v) is 7.02. The van der Waals surface area contributed by atoms with Gasteiger partial charge in [0.2, 0.25) is 5.91 Å². The van der Waals surface area contributed by atoms with Gasteiger partial charge in [0, 0.05) is 19.5 Å². The van der Waals surface area contributed by atoms with Crippen LogP contribution in [0.1, 0.15) is 57.8 Å². The van der Waals surface area contributed by atoms with Crippen molar-refractivity contribution in [2.75, 3.05) is 26.2 Å². The maximum absolute atomic E-state index is 12.4. The Morgan fingerprint density at radius 2 is 1.80 bits per heavy atom. The maximum atomic E-state index is 12.4. The van der Waals surface area contributed by atoms with Crippen molar-refractivity contribution in [1.82, 2.24) is 10.2 Å². The van der Waals surface area contributed by atoms with Crippen molar-refractivity contribution in [3.63, 3.8) is 0 Å². The van der Waals surface area contributed by atoms with Crippen LogP contribution >= 0.6 is 12.4 Å². The monoisotopic (exact) mass is 300 g/mol. The number of carbonyl (C=O) groups excluding carboxylic acids is 1. The van der Waals surface area contributed by atoms with E-state index in [1.54, 1.807) is 0 Å². The molecular weight excluding hydrogens is 272 g/mol. The van der Waals surface area contributed by atoms with E-state index in [0.717, 1.165) is 32.6 Å². The van der Waals surface area contributed by atoms with Crippen LogP contribution in [0, 0.1) is 11.3 Å². The fourth-order valence-electron chi connectivity index (χ4n) is 4.32. The summed E-state index contributed by atoms with van der Waals surface area (Å²) < 4.78 is 0. The Bertz CT molecular complexity index is 322. The Morgan fingerprint density at radius 3 is 2.50 bits per heavy atom. The smallest absolute Gasteiger partial charge is 0.222 e. The highest BCUT2D eigenvalue weighted by molar-refractivity contribution is 5.85. The van der Waals surface area contributed by atoms with Crippen molar-refractivity contribution in [3.8, 4) is 0 Å². The van der Waals surface area contributed by atoms with Gasteiger partial charge in [0.05, 0.1) is 0 Å². The molecule has 2 aliphatic heterocycles. The van der Waals surface area contributed by atoms with E-state index in [-0.39, 0.29) is 12.4 Å². The first kappa shape index (κ1) is 16.1. The summed E-state index contributed by atoms with van der Waals surface area (Å²) in [7, 11) is 0. The SMILES string of the molecule is Cl.O=C(CC1CCNCC1)N1CCC2(CCCCC2)C1. The summed E-state index contributed by atoms with van der Waals surface area (Å²) in [6.07, 6.45) is 11.4. The Morgan fingerprint density at radius 1 is 1.10 bits per heavy atom. The number of hydrogen-bond donors (Lipinski definition) is 1. The molecule has 0 aromatic rings. The van der Waals surface area contributed by atoms with E-state index in [2.05, 4.69) is 10.2 Å². The van der Waals surface area contributed by atoms with Gasteiger partial charge in [-0.2, -0.15) is 0 Å². The number of halogens is 1. The predicted octanol–water partition coefficient (Wildman–Crippen LogP) is 2.98. The van der Waals surface area contributed by atoms with E-state index in [1.165, 1.54) is 51.4 Å². The van der Waals surface area contributed by atoms with Crippen molar-refractivity contribution < 1.29 is 4.79 Å². The Balaban J connectivity index is 0.00000147. The number of amides is 1. The fraction of sp³-hybridized carbons (Fsp3) is 0.938. The highest BCUT2D eigenvalue weighted by atomic mass is 35.5. The van der Waals surface area contributed by atoms with Gasteiger partial charge < -0.3 is 10.2 Å². The van der Waals surface area contributed by atoms with Crippen LogP contribution in [0.2, 0.25) is 0 Å². The van der Waals surface area contributed by atoms with Crippen LogP contribution < -0.4 is 5.32 Å². The molecule has 0 aromatic heterocycles.